The number of nitrogens with one attached hydrogen (secondary N) is 1. The zero-order chi connectivity index (χ0) is 13.2. The van der Waals surface area contributed by atoms with Crippen molar-refractivity contribution in [2.75, 3.05) is 5.32 Å². The first-order valence-electron chi connectivity index (χ1n) is 6.10. The van der Waals surface area contributed by atoms with Crippen LogP contribution in [0.25, 0.3) is 11.1 Å². The van der Waals surface area contributed by atoms with Gasteiger partial charge >= 0.3 is 0 Å². The molecule has 0 aliphatic heterocycles. The van der Waals surface area contributed by atoms with Crippen LogP contribution in [0.4, 0.5) is 5.69 Å². The highest BCUT2D eigenvalue weighted by atomic mass is 16.3. The summed E-state index contributed by atoms with van der Waals surface area (Å²) in [7, 11) is 0. The van der Waals surface area contributed by atoms with Crippen LogP contribution in [0.3, 0.4) is 0 Å². The topological polar surface area (TPSA) is 58.3 Å². The smallest absolute Gasteiger partial charge is 0.192 e. The highest BCUT2D eigenvalue weighted by molar-refractivity contribution is 5.77. The van der Waals surface area contributed by atoms with Gasteiger partial charge in [-0.2, -0.15) is 0 Å². The van der Waals surface area contributed by atoms with Gasteiger partial charge in [-0.15, -0.1) is 0 Å². The normalized spacial score (nSPS) is 10.8. The maximum Gasteiger partial charge on any atom is 0.192 e. The second-order valence-electron chi connectivity index (χ2n) is 4.44. The van der Waals surface area contributed by atoms with E-state index in [0.29, 0.717) is 12.4 Å². The number of aromatic hydroxyl groups is 1. The second kappa shape index (κ2) is 4.65. The van der Waals surface area contributed by atoms with E-state index in [0.717, 1.165) is 22.4 Å². The van der Waals surface area contributed by atoms with E-state index in [1.165, 1.54) is 0 Å². The fourth-order valence-corrected chi connectivity index (χ4v) is 2.02. The number of benzene rings is 2. The van der Waals surface area contributed by atoms with Crippen molar-refractivity contribution in [3.8, 4) is 5.75 Å². The van der Waals surface area contributed by atoms with Crippen LogP contribution >= 0.6 is 0 Å². The molecule has 3 rings (SSSR count). The Bertz CT molecular complexity index is 719. The van der Waals surface area contributed by atoms with Gasteiger partial charge in [-0.3, -0.25) is 0 Å². The van der Waals surface area contributed by atoms with E-state index in [9.17, 15) is 5.11 Å². The van der Waals surface area contributed by atoms with Crippen molar-refractivity contribution in [3.63, 3.8) is 0 Å². The van der Waals surface area contributed by atoms with Gasteiger partial charge in [-0.1, -0.05) is 12.1 Å². The predicted molar refractivity (Wildman–Crippen MR) is 74.2 cm³/mol. The molecule has 0 saturated carbocycles. The number of hydrogen-bond donors (Lipinski definition) is 2. The average molecular weight is 254 g/mol. The number of hydrogen-bond acceptors (Lipinski definition) is 4. The zero-order valence-electron chi connectivity index (χ0n) is 10.6. The van der Waals surface area contributed by atoms with Gasteiger partial charge in [-0.05, 0) is 35.9 Å². The molecule has 1 aromatic heterocycles. The number of rotatable bonds is 3. The molecule has 0 unspecified atom stereocenters. The third-order valence-electron chi connectivity index (χ3n) is 2.90. The molecule has 4 nitrogen and oxygen atoms in total. The van der Waals surface area contributed by atoms with Gasteiger partial charge in [0, 0.05) is 19.2 Å². The maximum absolute atomic E-state index is 9.40. The molecule has 96 valence electrons. The summed E-state index contributed by atoms with van der Waals surface area (Å²) in [4.78, 5) is 4.30. The fourth-order valence-electron chi connectivity index (χ4n) is 2.02. The second-order valence-corrected chi connectivity index (χ2v) is 4.44. The highest BCUT2D eigenvalue weighted by Crippen LogP contribution is 2.20. The molecule has 19 heavy (non-hydrogen) atoms. The van der Waals surface area contributed by atoms with Crippen LogP contribution in [0, 0.1) is 6.92 Å². The molecule has 0 atom stereocenters. The molecule has 0 aliphatic rings. The summed E-state index contributed by atoms with van der Waals surface area (Å²) in [6, 6.07) is 13.0. The number of aryl methyl sites for hydroxylation is 1. The monoisotopic (exact) mass is 254 g/mol. The van der Waals surface area contributed by atoms with E-state index in [1.54, 1.807) is 12.1 Å². The van der Waals surface area contributed by atoms with E-state index in [4.69, 9.17) is 4.42 Å². The standard InChI is InChI=1S/C15H14N2O2/c1-10-17-14-8-12(5-6-15(14)19-10)16-9-11-3-2-4-13(18)7-11/h2-8,16,18H,9H2,1H3. The Morgan fingerprint density at radius 1 is 1.21 bits per heavy atom. The van der Waals surface area contributed by atoms with Gasteiger partial charge in [0.25, 0.3) is 0 Å². The van der Waals surface area contributed by atoms with Crippen LogP contribution in [-0.4, -0.2) is 10.1 Å². The molecular formula is C15H14N2O2. The Hall–Kier alpha value is -2.49. The number of phenols is 1. The molecule has 3 aromatic rings. The first kappa shape index (κ1) is 11.6. The summed E-state index contributed by atoms with van der Waals surface area (Å²) in [5.41, 5.74) is 3.64. The van der Waals surface area contributed by atoms with Gasteiger partial charge in [0.1, 0.15) is 11.3 Å². The Kier molecular flexibility index (Phi) is 2.83. The maximum atomic E-state index is 9.40. The Labute approximate surface area is 110 Å². The summed E-state index contributed by atoms with van der Waals surface area (Å²) in [6.45, 7) is 2.48. The van der Waals surface area contributed by atoms with E-state index in [-0.39, 0.29) is 5.75 Å². The van der Waals surface area contributed by atoms with Crippen molar-refractivity contribution in [3.05, 3.63) is 53.9 Å². The van der Waals surface area contributed by atoms with Crippen molar-refractivity contribution < 1.29 is 9.52 Å². The SMILES string of the molecule is Cc1nc2cc(NCc3cccc(O)c3)ccc2o1. The molecule has 2 N–H and O–H groups in total. The van der Waals surface area contributed by atoms with Crippen molar-refractivity contribution in [2.24, 2.45) is 0 Å². The number of oxazole rings is 1. The zero-order valence-corrected chi connectivity index (χ0v) is 10.6. The van der Waals surface area contributed by atoms with Crippen LogP contribution in [0.15, 0.2) is 46.9 Å². The molecular weight excluding hydrogens is 240 g/mol. The minimum atomic E-state index is 0.280. The molecule has 2 aromatic carbocycles. The lowest BCUT2D eigenvalue weighted by Crippen LogP contribution is -1.98. The summed E-state index contributed by atoms with van der Waals surface area (Å²) < 4.78 is 5.43. The van der Waals surface area contributed by atoms with Crippen molar-refractivity contribution in [2.45, 2.75) is 13.5 Å². The fraction of sp³-hybridized carbons (Fsp3) is 0.133. The average Bonchev–Trinajstić information content (AvgIpc) is 2.75. The molecule has 0 fully saturated rings. The van der Waals surface area contributed by atoms with E-state index >= 15 is 0 Å². The highest BCUT2D eigenvalue weighted by Gasteiger charge is 2.03. The predicted octanol–water partition coefficient (Wildman–Crippen LogP) is 3.45. The van der Waals surface area contributed by atoms with Crippen LogP contribution in [-0.2, 0) is 6.54 Å². The molecule has 0 aliphatic carbocycles. The summed E-state index contributed by atoms with van der Waals surface area (Å²) in [6.07, 6.45) is 0. The Balaban J connectivity index is 1.78. The lowest BCUT2D eigenvalue weighted by molar-refractivity contribution is 0.474. The Morgan fingerprint density at radius 3 is 2.95 bits per heavy atom. The molecule has 0 saturated heterocycles. The third-order valence-corrected chi connectivity index (χ3v) is 2.90. The van der Waals surface area contributed by atoms with Gasteiger partial charge < -0.3 is 14.8 Å². The molecule has 0 radical (unpaired) electrons. The number of fused-ring (bicyclic) bond motifs is 1. The van der Waals surface area contributed by atoms with Gasteiger partial charge in [0.2, 0.25) is 0 Å². The number of phenolic OH excluding ortho intramolecular Hbond substituents is 1. The quantitative estimate of drug-likeness (QED) is 0.751. The molecule has 0 amide bonds. The number of anilines is 1. The molecule has 0 bridgehead atoms. The van der Waals surface area contributed by atoms with E-state index in [1.807, 2.05) is 37.3 Å². The number of aromatic nitrogens is 1. The largest absolute Gasteiger partial charge is 0.508 e. The van der Waals surface area contributed by atoms with Gasteiger partial charge in [-0.25, -0.2) is 4.98 Å². The van der Waals surface area contributed by atoms with Crippen LogP contribution in [0.1, 0.15) is 11.5 Å². The Morgan fingerprint density at radius 2 is 2.11 bits per heavy atom. The van der Waals surface area contributed by atoms with Crippen molar-refractivity contribution in [1.82, 2.24) is 4.98 Å². The van der Waals surface area contributed by atoms with Crippen LogP contribution < -0.4 is 5.32 Å². The van der Waals surface area contributed by atoms with E-state index in [2.05, 4.69) is 10.3 Å². The molecule has 1 heterocycles. The first-order valence-corrected chi connectivity index (χ1v) is 6.10. The lowest BCUT2D eigenvalue weighted by atomic mass is 10.2. The summed E-state index contributed by atoms with van der Waals surface area (Å²) >= 11 is 0. The number of nitrogens with zero attached hydrogens (tertiary/aromatic N) is 1. The van der Waals surface area contributed by atoms with Crippen molar-refractivity contribution in [1.29, 1.82) is 0 Å². The van der Waals surface area contributed by atoms with E-state index < -0.39 is 0 Å². The summed E-state index contributed by atoms with van der Waals surface area (Å²) in [5.74, 6) is 0.946. The van der Waals surface area contributed by atoms with Crippen LogP contribution in [0.2, 0.25) is 0 Å². The first-order chi connectivity index (χ1) is 9.20. The van der Waals surface area contributed by atoms with Crippen LogP contribution in [0.5, 0.6) is 5.75 Å². The molecule has 0 spiro atoms. The van der Waals surface area contributed by atoms with Crippen molar-refractivity contribution >= 4 is 16.8 Å². The summed E-state index contributed by atoms with van der Waals surface area (Å²) in [5, 5.41) is 12.7. The van der Waals surface area contributed by atoms with Gasteiger partial charge in [0.05, 0.1) is 0 Å². The lowest BCUT2D eigenvalue weighted by Gasteiger charge is -2.06. The molecule has 4 heteroatoms. The third kappa shape index (κ3) is 2.52. The minimum absolute atomic E-state index is 0.280. The minimum Gasteiger partial charge on any atom is -0.508 e. The van der Waals surface area contributed by atoms with Gasteiger partial charge in [0.15, 0.2) is 11.5 Å².